The monoisotopic (exact) mass is 742 g/mol. The topological polar surface area (TPSA) is 13.1 Å². The third-order valence-electron chi connectivity index (χ3n) is 11.2. The first kappa shape index (κ1) is 27.8. The van der Waals surface area contributed by atoms with Crippen LogP contribution in [0.3, 0.4) is 0 Å². The second kappa shape index (κ2) is 10.2. The summed E-state index contributed by atoms with van der Waals surface area (Å²) in [7, 11) is 2.36. The SMILES string of the molecule is CN1C2=C(C=CC(c3cccc(-n4c5ccccc5c5cc6c7ccccc7n(-c7ccccc7)c6cc54)c3)C2)[C@H]2[I-]C21c1ccccc1. The van der Waals surface area contributed by atoms with Crippen molar-refractivity contribution in [3.05, 3.63) is 180 Å². The Morgan fingerprint density at radius 1 is 0.571 bits per heavy atom. The number of para-hydroxylation sites is 3. The van der Waals surface area contributed by atoms with Crippen molar-refractivity contribution in [1.82, 2.24) is 14.0 Å². The van der Waals surface area contributed by atoms with E-state index in [1.165, 1.54) is 66.1 Å². The van der Waals surface area contributed by atoms with Gasteiger partial charge in [-0.2, -0.15) is 0 Å². The maximum absolute atomic E-state index is 2.67. The number of fused-ring (bicyclic) bond motifs is 8. The molecular weight excluding hydrogens is 709 g/mol. The number of rotatable bonds is 4. The molecule has 0 bridgehead atoms. The summed E-state index contributed by atoms with van der Waals surface area (Å²) in [5.74, 6) is 0.352. The zero-order valence-electron chi connectivity index (χ0n) is 27.1. The number of aromatic nitrogens is 2. The van der Waals surface area contributed by atoms with Crippen LogP contribution < -0.4 is 21.2 Å². The molecule has 236 valence electrons. The molecule has 3 atom stereocenters. The van der Waals surface area contributed by atoms with Crippen LogP contribution in [0.2, 0.25) is 0 Å². The Hall–Kier alpha value is -5.07. The van der Waals surface area contributed by atoms with Crippen LogP contribution in [0.15, 0.2) is 169 Å². The molecule has 49 heavy (non-hydrogen) atoms. The first-order valence-electron chi connectivity index (χ1n) is 17.2. The standard InChI is InChI=1S/C45H33IN3/c1-47-41-26-30(23-24-36(41)44-45(47,46-44)31-14-4-2-5-15-31)29-13-12-18-33(25-29)49-40-22-11-9-20-35(40)38-27-37-34-19-8-10-21-39(34)48(42(37)28-43(38)49)32-16-6-3-7-17-32/h2-25,27-28,30,44H,26H2,1H3/q-1/t30?,44-,45?/m1/s1. The quantitative estimate of drug-likeness (QED) is 0.104. The van der Waals surface area contributed by atoms with Crippen LogP contribution in [0.1, 0.15) is 23.5 Å². The van der Waals surface area contributed by atoms with Crippen LogP contribution in [0, 0.1) is 0 Å². The predicted molar refractivity (Wildman–Crippen MR) is 198 cm³/mol. The van der Waals surface area contributed by atoms with E-state index in [-0.39, 0.29) is 24.8 Å². The molecule has 1 aliphatic carbocycles. The van der Waals surface area contributed by atoms with Gasteiger partial charge in [-0.25, -0.2) is 0 Å². The number of benzene rings is 6. The van der Waals surface area contributed by atoms with E-state index in [1.807, 2.05) is 0 Å². The molecule has 2 unspecified atom stereocenters. The molecule has 3 nitrogen and oxygen atoms in total. The first-order valence-corrected chi connectivity index (χ1v) is 19.5. The summed E-state index contributed by atoms with van der Waals surface area (Å²) in [6, 6.07) is 53.9. The summed E-state index contributed by atoms with van der Waals surface area (Å²) in [5, 5.41) is 5.15. The normalized spacial score (nSPS) is 21.4. The average Bonchev–Trinajstić information content (AvgIpc) is 3.64. The van der Waals surface area contributed by atoms with Crippen LogP contribution in [-0.4, -0.2) is 25.0 Å². The fourth-order valence-corrected chi connectivity index (χ4v) is 13.1. The van der Waals surface area contributed by atoms with Gasteiger partial charge in [-0.3, -0.25) is 0 Å². The Labute approximate surface area is 295 Å². The molecule has 4 heterocycles. The van der Waals surface area contributed by atoms with Gasteiger partial charge in [-0.1, -0.05) is 42.5 Å². The molecule has 0 N–H and O–H groups in total. The van der Waals surface area contributed by atoms with Crippen molar-refractivity contribution in [2.24, 2.45) is 0 Å². The van der Waals surface area contributed by atoms with Crippen LogP contribution in [0.5, 0.6) is 0 Å². The Morgan fingerprint density at radius 3 is 1.90 bits per heavy atom. The molecule has 1 fully saturated rings. The second-order valence-electron chi connectivity index (χ2n) is 13.7. The Kier molecular flexibility index (Phi) is 5.81. The van der Waals surface area contributed by atoms with E-state index in [1.54, 1.807) is 11.3 Å². The second-order valence-corrected chi connectivity index (χ2v) is 17.2. The van der Waals surface area contributed by atoms with Gasteiger partial charge in [0.1, 0.15) is 0 Å². The number of halogens is 1. The van der Waals surface area contributed by atoms with Crippen molar-refractivity contribution in [2.75, 3.05) is 7.05 Å². The molecule has 1 saturated heterocycles. The van der Waals surface area contributed by atoms with E-state index >= 15 is 0 Å². The predicted octanol–water partition coefficient (Wildman–Crippen LogP) is 7.45. The molecule has 0 radical (unpaired) electrons. The number of alkyl halides is 2. The van der Waals surface area contributed by atoms with Gasteiger partial charge in [-0.05, 0) is 18.2 Å². The average molecular weight is 743 g/mol. The third kappa shape index (κ3) is 3.84. The van der Waals surface area contributed by atoms with E-state index in [9.17, 15) is 0 Å². The van der Waals surface area contributed by atoms with Crippen molar-refractivity contribution in [3.63, 3.8) is 0 Å². The Morgan fingerprint density at radius 2 is 1.18 bits per heavy atom. The van der Waals surface area contributed by atoms with E-state index in [0.717, 1.165) is 10.3 Å². The summed E-state index contributed by atoms with van der Waals surface area (Å²) in [4.78, 5) is 2.67. The summed E-state index contributed by atoms with van der Waals surface area (Å²) in [6.45, 7) is 0. The molecule has 2 aromatic heterocycles. The van der Waals surface area contributed by atoms with Crippen LogP contribution in [-0.2, 0) is 3.55 Å². The van der Waals surface area contributed by atoms with Crippen molar-refractivity contribution < 1.29 is 21.2 Å². The molecule has 4 heteroatoms. The van der Waals surface area contributed by atoms with Crippen LogP contribution in [0.4, 0.5) is 0 Å². The van der Waals surface area contributed by atoms with Gasteiger partial charge in [0.2, 0.25) is 0 Å². The van der Waals surface area contributed by atoms with E-state index in [4.69, 9.17) is 0 Å². The summed E-state index contributed by atoms with van der Waals surface area (Å²) < 4.78 is 5.89. The number of hydrogen-bond donors (Lipinski definition) is 0. The molecule has 3 aliphatic rings. The maximum atomic E-state index is 2.67. The first-order chi connectivity index (χ1) is 24.2. The molecule has 2 aliphatic heterocycles. The number of hydrogen-bond acceptors (Lipinski definition) is 1. The number of nitrogens with zero attached hydrogens (tertiary/aromatic N) is 3. The van der Waals surface area contributed by atoms with Gasteiger partial charge in [0.25, 0.3) is 0 Å². The zero-order chi connectivity index (χ0) is 32.3. The van der Waals surface area contributed by atoms with Gasteiger partial charge in [0, 0.05) is 16.5 Å². The van der Waals surface area contributed by atoms with Gasteiger partial charge < -0.3 is 4.57 Å². The number of allylic oxidation sites excluding steroid dienone is 3. The molecular formula is C45H33IN3-. The minimum absolute atomic E-state index is 0.0851. The zero-order valence-corrected chi connectivity index (χ0v) is 29.3. The van der Waals surface area contributed by atoms with Gasteiger partial charge in [0.05, 0.1) is 5.52 Å². The van der Waals surface area contributed by atoms with E-state index < -0.39 is 0 Å². The van der Waals surface area contributed by atoms with Gasteiger partial charge in [-0.15, -0.1) is 0 Å². The molecule has 0 spiro atoms. The van der Waals surface area contributed by atoms with Gasteiger partial charge in [0.15, 0.2) is 0 Å². The van der Waals surface area contributed by atoms with Crippen molar-refractivity contribution in [3.8, 4) is 11.4 Å². The molecule has 8 aromatic rings. The fourth-order valence-electron chi connectivity index (χ4n) is 8.87. The summed E-state index contributed by atoms with van der Waals surface area (Å²) >= 11 is 0.0851. The summed E-state index contributed by atoms with van der Waals surface area (Å²) in [6.07, 6.45) is 6.03. The Bertz CT molecular complexity index is 2700. The fraction of sp³-hybridized carbons (Fsp3) is 0.111. The molecule has 6 aromatic carbocycles. The van der Waals surface area contributed by atoms with Crippen LogP contribution in [0.25, 0.3) is 55.0 Å². The van der Waals surface area contributed by atoms with Gasteiger partial charge >= 0.3 is 210 Å². The molecule has 0 saturated carbocycles. The van der Waals surface area contributed by atoms with Crippen molar-refractivity contribution in [1.29, 1.82) is 0 Å². The minimum atomic E-state index is 0.0851. The van der Waals surface area contributed by atoms with Crippen molar-refractivity contribution in [2.45, 2.75) is 19.8 Å². The molecule has 0 amide bonds. The third-order valence-corrected chi connectivity index (χ3v) is 15.6. The molecule has 11 rings (SSSR count). The Balaban J connectivity index is 1.05. The van der Waals surface area contributed by atoms with Crippen LogP contribution >= 0.6 is 0 Å². The van der Waals surface area contributed by atoms with E-state index in [2.05, 4.69) is 179 Å². The van der Waals surface area contributed by atoms with Crippen molar-refractivity contribution >= 4 is 43.6 Å². The van der Waals surface area contributed by atoms with E-state index in [0.29, 0.717) is 5.92 Å². The summed E-state index contributed by atoms with van der Waals surface area (Å²) in [5.41, 5.74) is 13.4.